The van der Waals surface area contributed by atoms with Crippen LogP contribution in [-0.2, 0) is 11.3 Å². The topological polar surface area (TPSA) is 41.1 Å². The van der Waals surface area contributed by atoms with Crippen molar-refractivity contribution in [3.05, 3.63) is 21.9 Å². The average Bonchev–Trinajstić information content (AvgIpc) is 2.59. The van der Waals surface area contributed by atoms with E-state index >= 15 is 0 Å². The Hall–Kier alpha value is -0.870. The zero-order valence-corrected chi connectivity index (χ0v) is 11.9. The molecule has 1 rings (SSSR count). The Balaban J connectivity index is 2.20. The van der Waals surface area contributed by atoms with Crippen molar-refractivity contribution in [2.24, 2.45) is 0 Å². The molecular weight excluding hydrogens is 232 g/mol. The van der Waals surface area contributed by atoms with Crippen LogP contribution in [0.15, 0.2) is 11.4 Å². The smallest absolute Gasteiger partial charge is 0.221 e. The lowest BCUT2D eigenvalue weighted by Gasteiger charge is -2.20. The Morgan fingerprint density at radius 2 is 2.12 bits per heavy atom. The third-order valence-electron chi connectivity index (χ3n) is 2.42. The average molecular weight is 254 g/mol. The summed E-state index contributed by atoms with van der Waals surface area (Å²) in [5, 5.41) is 8.30. The number of nitrogens with one attached hydrogen (secondary N) is 2. The molecule has 2 N–H and O–H groups in total. The van der Waals surface area contributed by atoms with Crippen LogP contribution in [-0.4, -0.2) is 18.0 Å². The van der Waals surface area contributed by atoms with Gasteiger partial charge >= 0.3 is 0 Å². The van der Waals surface area contributed by atoms with Gasteiger partial charge in [0.15, 0.2) is 0 Å². The summed E-state index contributed by atoms with van der Waals surface area (Å²) in [7, 11) is 0. The minimum atomic E-state index is 0.0740. The van der Waals surface area contributed by atoms with Gasteiger partial charge in [0, 0.05) is 23.4 Å². The van der Waals surface area contributed by atoms with Crippen LogP contribution in [0, 0.1) is 6.92 Å². The molecule has 0 aliphatic rings. The first kappa shape index (κ1) is 14.2. The molecule has 0 atom stereocenters. The summed E-state index contributed by atoms with van der Waals surface area (Å²) in [6.07, 6.45) is 0.529. The molecule has 3 nitrogen and oxygen atoms in total. The van der Waals surface area contributed by atoms with E-state index in [2.05, 4.69) is 49.8 Å². The number of hydrogen-bond donors (Lipinski definition) is 2. The highest BCUT2D eigenvalue weighted by atomic mass is 32.1. The van der Waals surface area contributed by atoms with Crippen molar-refractivity contribution in [1.82, 2.24) is 10.6 Å². The van der Waals surface area contributed by atoms with Gasteiger partial charge in [-0.05, 0) is 44.7 Å². The van der Waals surface area contributed by atoms with Crippen LogP contribution in [0.25, 0.3) is 0 Å². The number of hydrogen-bond acceptors (Lipinski definition) is 3. The van der Waals surface area contributed by atoms with E-state index in [-0.39, 0.29) is 11.4 Å². The van der Waals surface area contributed by atoms with Crippen molar-refractivity contribution in [3.63, 3.8) is 0 Å². The summed E-state index contributed by atoms with van der Waals surface area (Å²) in [5.41, 5.74) is 1.33. The van der Waals surface area contributed by atoms with E-state index in [4.69, 9.17) is 0 Å². The maximum atomic E-state index is 11.6. The molecule has 1 aromatic rings. The molecule has 4 heteroatoms. The standard InChI is InChI=1S/C13H22N2OS/c1-10-6-8-17-11(10)9-14-12(16)5-7-15-13(2,3)4/h6,8,15H,5,7,9H2,1-4H3,(H,14,16). The second-order valence-electron chi connectivity index (χ2n) is 5.23. The molecule has 0 fully saturated rings. The van der Waals surface area contributed by atoms with Crippen molar-refractivity contribution in [1.29, 1.82) is 0 Å². The van der Waals surface area contributed by atoms with Gasteiger partial charge in [0.2, 0.25) is 5.91 Å². The maximum Gasteiger partial charge on any atom is 0.221 e. The van der Waals surface area contributed by atoms with Crippen molar-refractivity contribution in [2.45, 2.75) is 46.2 Å². The van der Waals surface area contributed by atoms with Gasteiger partial charge in [-0.25, -0.2) is 0 Å². The molecule has 0 saturated heterocycles. The van der Waals surface area contributed by atoms with Crippen LogP contribution in [0.1, 0.15) is 37.6 Å². The van der Waals surface area contributed by atoms with Gasteiger partial charge in [0.25, 0.3) is 0 Å². The number of amides is 1. The second kappa shape index (κ2) is 6.17. The highest BCUT2D eigenvalue weighted by Crippen LogP contribution is 2.14. The lowest BCUT2D eigenvalue weighted by molar-refractivity contribution is -0.121. The molecule has 0 aromatic carbocycles. The molecule has 1 heterocycles. The zero-order valence-electron chi connectivity index (χ0n) is 11.1. The van der Waals surface area contributed by atoms with Crippen LogP contribution >= 0.6 is 11.3 Å². The summed E-state index contributed by atoms with van der Waals surface area (Å²) in [6, 6.07) is 2.08. The molecule has 0 spiro atoms. The van der Waals surface area contributed by atoms with E-state index in [1.54, 1.807) is 11.3 Å². The molecule has 17 heavy (non-hydrogen) atoms. The van der Waals surface area contributed by atoms with Crippen LogP contribution in [0.3, 0.4) is 0 Å². The van der Waals surface area contributed by atoms with Crippen LogP contribution in [0.2, 0.25) is 0 Å². The fraction of sp³-hybridized carbons (Fsp3) is 0.615. The van der Waals surface area contributed by atoms with E-state index in [1.165, 1.54) is 10.4 Å². The number of rotatable bonds is 5. The summed E-state index contributed by atoms with van der Waals surface area (Å²) in [5.74, 6) is 0.106. The molecule has 0 unspecified atom stereocenters. The normalized spacial score (nSPS) is 11.5. The summed E-state index contributed by atoms with van der Waals surface area (Å²) in [6.45, 7) is 9.73. The Kier molecular flexibility index (Phi) is 5.15. The Bertz CT molecular complexity index is 366. The molecule has 96 valence electrons. The molecular formula is C13H22N2OS. The molecule has 0 saturated carbocycles. The SMILES string of the molecule is Cc1ccsc1CNC(=O)CCNC(C)(C)C. The van der Waals surface area contributed by atoms with Crippen LogP contribution in [0.4, 0.5) is 0 Å². The lowest BCUT2D eigenvalue weighted by Crippen LogP contribution is -2.38. The Morgan fingerprint density at radius 3 is 2.65 bits per heavy atom. The Labute approximate surface area is 108 Å². The Morgan fingerprint density at radius 1 is 1.41 bits per heavy atom. The molecule has 0 aliphatic heterocycles. The van der Waals surface area contributed by atoms with E-state index in [0.29, 0.717) is 13.0 Å². The fourth-order valence-corrected chi connectivity index (χ4v) is 2.25. The van der Waals surface area contributed by atoms with Crippen LogP contribution < -0.4 is 10.6 Å². The van der Waals surface area contributed by atoms with E-state index in [0.717, 1.165) is 6.54 Å². The van der Waals surface area contributed by atoms with Gasteiger partial charge in [0.05, 0.1) is 6.54 Å². The third kappa shape index (κ3) is 5.84. The third-order valence-corrected chi connectivity index (χ3v) is 3.44. The predicted octanol–water partition coefficient (Wildman–Crippen LogP) is 2.45. The number of carbonyl (C=O) groups excluding carboxylic acids is 1. The second-order valence-corrected chi connectivity index (χ2v) is 6.23. The molecule has 1 amide bonds. The minimum Gasteiger partial charge on any atom is -0.351 e. The summed E-state index contributed by atoms with van der Waals surface area (Å²) in [4.78, 5) is 12.8. The van der Waals surface area contributed by atoms with Gasteiger partial charge in [0.1, 0.15) is 0 Å². The highest BCUT2D eigenvalue weighted by Gasteiger charge is 2.09. The van der Waals surface area contributed by atoms with Crippen molar-refractivity contribution >= 4 is 17.2 Å². The van der Waals surface area contributed by atoms with E-state index in [1.807, 2.05) is 0 Å². The lowest BCUT2D eigenvalue weighted by atomic mass is 10.1. The molecule has 1 aromatic heterocycles. The fourth-order valence-electron chi connectivity index (χ4n) is 1.40. The maximum absolute atomic E-state index is 11.6. The number of thiophene rings is 1. The van der Waals surface area contributed by atoms with Gasteiger partial charge in [-0.15, -0.1) is 11.3 Å². The minimum absolute atomic E-state index is 0.0740. The first-order valence-electron chi connectivity index (χ1n) is 5.93. The van der Waals surface area contributed by atoms with Crippen LogP contribution in [0.5, 0.6) is 0 Å². The van der Waals surface area contributed by atoms with Crippen molar-refractivity contribution in [2.75, 3.05) is 6.54 Å². The van der Waals surface area contributed by atoms with Gasteiger partial charge in [-0.3, -0.25) is 4.79 Å². The van der Waals surface area contributed by atoms with E-state index in [9.17, 15) is 4.79 Å². The quantitative estimate of drug-likeness (QED) is 0.847. The van der Waals surface area contributed by atoms with E-state index < -0.39 is 0 Å². The highest BCUT2D eigenvalue weighted by molar-refractivity contribution is 7.10. The zero-order chi connectivity index (χ0) is 12.9. The van der Waals surface area contributed by atoms with Gasteiger partial charge < -0.3 is 10.6 Å². The van der Waals surface area contributed by atoms with Crippen molar-refractivity contribution in [3.8, 4) is 0 Å². The molecule has 0 bridgehead atoms. The summed E-state index contributed by atoms with van der Waals surface area (Å²) >= 11 is 1.69. The molecule has 0 radical (unpaired) electrons. The first-order chi connectivity index (χ1) is 7.88. The number of carbonyl (C=O) groups is 1. The van der Waals surface area contributed by atoms with Gasteiger partial charge in [-0.1, -0.05) is 0 Å². The summed E-state index contributed by atoms with van der Waals surface area (Å²) < 4.78 is 0. The number of aryl methyl sites for hydroxylation is 1. The molecule has 0 aliphatic carbocycles. The van der Waals surface area contributed by atoms with Crippen molar-refractivity contribution < 1.29 is 4.79 Å². The monoisotopic (exact) mass is 254 g/mol. The largest absolute Gasteiger partial charge is 0.351 e. The first-order valence-corrected chi connectivity index (χ1v) is 6.81. The van der Waals surface area contributed by atoms with Gasteiger partial charge in [-0.2, -0.15) is 0 Å². The predicted molar refractivity (Wildman–Crippen MR) is 73.3 cm³/mol.